The Morgan fingerprint density at radius 2 is 1.66 bits per heavy atom. The van der Waals surface area contributed by atoms with Crippen molar-refractivity contribution in [1.82, 2.24) is 14.3 Å². The second-order valence-electron chi connectivity index (χ2n) is 12.9. The average Bonchev–Trinajstić information content (AvgIpc) is 3.47. The fourth-order valence-electron chi connectivity index (χ4n) is 5.80. The molecule has 1 aliphatic rings. The summed E-state index contributed by atoms with van der Waals surface area (Å²) in [6.45, 7) is 9.68. The van der Waals surface area contributed by atoms with Gasteiger partial charge in [-0.25, -0.2) is 4.79 Å². The number of hydrogen-bond acceptors (Lipinski definition) is 6. The van der Waals surface area contributed by atoms with E-state index in [0.29, 0.717) is 32.9 Å². The minimum Gasteiger partial charge on any atom is -0.455 e. The van der Waals surface area contributed by atoms with Crippen LogP contribution in [0.2, 0.25) is 0 Å². The van der Waals surface area contributed by atoms with Gasteiger partial charge in [0.2, 0.25) is 0 Å². The van der Waals surface area contributed by atoms with E-state index in [0.717, 1.165) is 16.7 Å². The largest absolute Gasteiger partial charge is 0.455 e. The third-order valence-electron chi connectivity index (χ3n) is 7.90. The summed E-state index contributed by atoms with van der Waals surface area (Å²) >= 11 is 1.26. The number of ketones is 1. The van der Waals surface area contributed by atoms with E-state index < -0.39 is 11.6 Å². The minimum atomic E-state index is -0.651. The number of thiazole rings is 1. The number of hydrogen-bond donors (Lipinski definition) is 0. The number of nitrogens with zero attached hydrogens (tertiary/aromatic N) is 3. The van der Waals surface area contributed by atoms with Gasteiger partial charge in [0, 0.05) is 18.7 Å². The predicted molar refractivity (Wildman–Crippen MR) is 176 cm³/mol. The van der Waals surface area contributed by atoms with Crippen LogP contribution in [0.3, 0.4) is 0 Å². The SMILES string of the molecule is Cc1cc(C)cc(C(=O)/C=c2\s/c(=C/c3cc(C(=O)OC(C)(C)C)nn3C)c(=O)n2Cc2ccc(C3CCCCC3)cc2)c1. The van der Waals surface area contributed by atoms with E-state index in [1.807, 2.05) is 32.0 Å². The molecule has 1 aliphatic carbocycles. The summed E-state index contributed by atoms with van der Waals surface area (Å²) in [5.41, 5.74) is 4.86. The van der Waals surface area contributed by atoms with Gasteiger partial charge in [-0.15, -0.1) is 11.3 Å². The highest BCUT2D eigenvalue weighted by molar-refractivity contribution is 7.07. The molecule has 0 radical (unpaired) electrons. The Morgan fingerprint density at radius 1 is 1.00 bits per heavy atom. The van der Waals surface area contributed by atoms with Gasteiger partial charge in [0.25, 0.3) is 5.56 Å². The number of carbonyl (C=O) groups excluding carboxylic acids is 2. The van der Waals surface area contributed by atoms with Crippen molar-refractivity contribution in [2.75, 3.05) is 0 Å². The number of rotatable bonds is 7. The third-order valence-corrected chi connectivity index (χ3v) is 8.96. The molecule has 230 valence electrons. The monoisotopic (exact) mass is 611 g/mol. The topological polar surface area (TPSA) is 83.2 Å². The normalized spacial score (nSPS) is 15.1. The fraction of sp³-hybridized carbons (Fsp3) is 0.389. The molecule has 0 aliphatic heterocycles. The van der Waals surface area contributed by atoms with E-state index >= 15 is 0 Å². The lowest BCUT2D eigenvalue weighted by Gasteiger charge is -2.22. The Bertz CT molecular complexity index is 1840. The zero-order valence-electron chi connectivity index (χ0n) is 26.5. The molecular formula is C36H41N3O4S. The van der Waals surface area contributed by atoms with E-state index in [1.165, 1.54) is 49.0 Å². The number of aryl methyl sites for hydroxylation is 3. The van der Waals surface area contributed by atoms with Crippen LogP contribution in [-0.4, -0.2) is 31.7 Å². The lowest BCUT2D eigenvalue weighted by atomic mass is 9.84. The molecule has 2 aromatic carbocycles. The summed E-state index contributed by atoms with van der Waals surface area (Å²) in [5, 5.41) is 4.31. The molecule has 0 spiro atoms. The molecule has 8 heteroatoms. The van der Waals surface area contributed by atoms with Gasteiger partial charge in [-0.1, -0.05) is 60.7 Å². The van der Waals surface area contributed by atoms with Crippen molar-refractivity contribution < 1.29 is 14.3 Å². The van der Waals surface area contributed by atoms with Crippen LogP contribution in [0.25, 0.3) is 12.2 Å². The van der Waals surface area contributed by atoms with E-state index in [4.69, 9.17) is 4.74 Å². The van der Waals surface area contributed by atoms with E-state index in [1.54, 1.807) is 55.3 Å². The maximum Gasteiger partial charge on any atom is 0.359 e. The van der Waals surface area contributed by atoms with Crippen molar-refractivity contribution in [2.24, 2.45) is 7.05 Å². The van der Waals surface area contributed by atoms with Gasteiger partial charge in [-0.05, 0) is 88.8 Å². The Labute approximate surface area is 262 Å². The highest BCUT2D eigenvalue weighted by atomic mass is 32.1. The summed E-state index contributed by atoms with van der Waals surface area (Å²) in [6.07, 6.45) is 9.60. The number of ether oxygens (including phenoxy) is 1. The van der Waals surface area contributed by atoms with Crippen LogP contribution in [0, 0.1) is 13.8 Å². The van der Waals surface area contributed by atoms with Gasteiger partial charge in [0.05, 0.1) is 16.8 Å². The quantitative estimate of drug-likeness (QED) is 0.195. The molecule has 0 amide bonds. The molecule has 44 heavy (non-hydrogen) atoms. The van der Waals surface area contributed by atoms with E-state index in [9.17, 15) is 14.4 Å². The summed E-state index contributed by atoms with van der Waals surface area (Å²) in [7, 11) is 1.72. The zero-order chi connectivity index (χ0) is 31.6. The molecule has 2 aromatic heterocycles. The van der Waals surface area contributed by atoms with Gasteiger partial charge in [-0.3, -0.25) is 18.8 Å². The van der Waals surface area contributed by atoms with Gasteiger partial charge in [0.1, 0.15) is 10.3 Å². The molecular weight excluding hydrogens is 570 g/mol. The zero-order valence-corrected chi connectivity index (χ0v) is 27.3. The number of benzene rings is 2. The maximum atomic E-state index is 13.9. The lowest BCUT2D eigenvalue weighted by Crippen LogP contribution is -2.32. The smallest absolute Gasteiger partial charge is 0.359 e. The molecule has 0 saturated heterocycles. The molecule has 0 bridgehead atoms. The van der Waals surface area contributed by atoms with Crippen LogP contribution < -0.4 is 14.8 Å². The minimum absolute atomic E-state index is 0.154. The van der Waals surface area contributed by atoms with Crippen molar-refractivity contribution in [1.29, 1.82) is 0 Å². The highest BCUT2D eigenvalue weighted by Crippen LogP contribution is 2.32. The standard InChI is InChI=1S/C36H41N3O4S/c1-23-16-24(2)18-28(17-23)31(40)21-33-39(22-25-12-14-27(15-13-25)26-10-8-7-9-11-26)34(41)32(44-33)20-29-19-30(37-38(29)6)35(42)43-36(3,4)5/h12-21,26H,7-11,22H2,1-6H3/b32-20+,33-21-. The average molecular weight is 612 g/mol. The van der Waals surface area contributed by atoms with Crippen molar-refractivity contribution in [3.63, 3.8) is 0 Å². The van der Waals surface area contributed by atoms with E-state index in [-0.39, 0.29) is 17.0 Å². The van der Waals surface area contributed by atoms with Crippen LogP contribution in [0.4, 0.5) is 0 Å². The second-order valence-corrected chi connectivity index (χ2v) is 13.9. The second kappa shape index (κ2) is 12.9. The van der Waals surface area contributed by atoms with Crippen LogP contribution >= 0.6 is 11.3 Å². The number of carbonyl (C=O) groups is 2. The summed E-state index contributed by atoms with van der Waals surface area (Å²) in [6, 6.07) is 16.0. The van der Waals surface area contributed by atoms with Gasteiger partial charge in [-0.2, -0.15) is 5.10 Å². The molecule has 7 nitrogen and oxygen atoms in total. The summed E-state index contributed by atoms with van der Waals surface area (Å²) in [5.74, 6) is -0.0773. The lowest BCUT2D eigenvalue weighted by molar-refractivity contribution is 0.00619. The van der Waals surface area contributed by atoms with Crippen molar-refractivity contribution in [2.45, 2.75) is 84.8 Å². The predicted octanol–water partition coefficient (Wildman–Crippen LogP) is 5.80. The van der Waals surface area contributed by atoms with E-state index in [2.05, 4.69) is 29.4 Å². The number of Topliss-reactive ketones (excluding diaryl/α,β-unsaturated/α-hetero) is 1. The van der Waals surface area contributed by atoms with Gasteiger partial charge in [0.15, 0.2) is 11.5 Å². The third kappa shape index (κ3) is 7.53. The molecule has 0 N–H and O–H groups in total. The Morgan fingerprint density at radius 3 is 2.30 bits per heavy atom. The maximum absolute atomic E-state index is 13.9. The van der Waals surface area contributed by atoms with Crippen LogP contribution in [0.15, 0.2) is 53.3 Å². The van der Waals surface area contributed by atoms with Crippen LogP contribution in [0.1, 0.15) is 108 Å². The molecule has 4 aromatic rings. The van der Waals surface area contributed by atoms with Crippen molar-refractivity contribution in [3.8, 4) is 0 Å². The number of esters is 1. The first-order valence-corrected chi connectivity index (χ1v) is 16.1. The Hall–Kier alpha value is -4.04. The molecule has 0 unspecified atom stereocenters. The molecule has 0 atom stereocenters. The van der Waals surface area contributed by atoms with Gasteiger partial charge >= 0.3 is 5.97 Å². The van der Waals surface area contributed by atoms with Gasteiger partial charge < -0.3 is 4.74 Å². The van der Waals surface area contributed by atoms with Crippen molar-refractivity contribution in [3.05, 3.63) is 107 Å². The Balaban J connectivity index is 1.55. The highest BCUT2D eigenvalue weighted by Gasteiger charge is 2.21. The summed E-state index contributed by atoms with van der Waals surface area (Å²) in [4.78, 5) is 39.9. The molecule has 5 rings (SSSR count). The molecule has 1 fully saturated rings. The van der Waals surface area contributed by atoms with Crippen LogP contribution in [0.5, 0.6) is 0 Å². The first kappa shape index (κ1) is 31.4. The Kier molecular flexibility index (Phi) is 9.20. The van der Waals surface area contributed by atoms with Crippen molar-refractivity contribution >= 4 is 35.2 Å². The molecule has 1 saturated carbocycles. The first-order valence-electron chi connectivity index (χ1n) is 15.3. The fourth-order valence-corrected chi connectivity index (χ4v) is 6.83. The molecule has 2 heterocycles. The summed E-state index contributed by atoms with van der Waals surface area (Å²) < 4.78 is 9.70. The number of aromatic nitrogens is 3. The van der Waals surface area contributed by atoms with Crippen LogP contribution in [-0.2, 0) is 18.3 Å². The first-order chi connectivity index (χ1) is 20.9.